The molecule has 0 fully saturated rings. The third kappa shape index (κ3) is 3.68. The van der Waals surface area contributed by atoms with Gasteiger partial charge in [0.2, 0.25) is 5.91 Å². The molecule has 0 saturated heterocycles. The van der Waals surface area contributed by atoms with Crippen LogP contribution < -0.4 is 5.32 Å². The summed E-state index contributed by atoms with van der Waals surface area (Å²) < 4.78 is 1.97. The van der Waals surface area contributed by atoms with E-state index in [0.717, 1.165) is 16.2 Å². The van der Waals surface area contributed by atoms with E-state index in [2.05, 4.69) is 10.3 Å². The number of halogens is 1. The Balaban J connectivity index is 1.61. The summed E-state index contributed by atoms with van der Waals surface area (Å²) in [6.07, 6.45) is 3.74. The Morgan fingerprint density at radius 1 is 1.30 bits per heavy atom. The number of hydrogen-bond donors (Lipinski definition) is 1. The molecule has 4 nitrogen and oxygen atoms in total. The number of imidazole rings is 1. The Morgan fingerprint density at radius 2 is 2.09 bits per heavy atom. The van der Waals surface area contributed by atoms with Crippen molar-refractivity contribution in [3.63, 3.8) is 0 Å². The van der Waals surface area contributed by atoms with Crippen molar-refractivity contribution in [1.82, 2.24) is 14.7 Å². The summed E-state index contributed by atoms with van der Waals surface area (Å²) in [4.78, 5) is 16.5. The summed E-state index contributed by atoms with van der Waals surface area (Å²) in [5.41, 5.74) is 1.93. The van der Waals surface area contributed by atoms with Crippen molar-refractivity contribution >= 4 is 34.8 Å². The number of nitrogens with zero attached hydrogens (tertiary/aromatic N) is 2. The van der Waals surface area contributed by atoms with Crippen LogP contribution in [0.2, 0.25) is 5.02 Å². The normalized spacial score (nSPS) is 12.3. The van der Waals surface area contributed by atoms with E-state index in [1.54, 1.807) is 6.20 Å². The van der Waals surface area contributed by atoms with Gasteiger partial charge in [-0.1, -0.05) is 47.6 Å². The number of rotatable bonds is 5. The van der Waals surface area contributed by atoms with Crippen LogP contribution in [0.4, 0.5) is 0 Å². The highest BCUT2D eigenvalue weighted by Crippen LogP contribution is 2.23. The zero-order valence-electron chi connectivity index (χ0n) is 12.6. The fourth-order valence-corrected chi connectivity index (χ4v) is 3.42. The number of fused-ring (bicyclic) bond motifs is 1. The van der Waals surface area contributed by atoms with Crippen LogP contribution >= 0.6 is 23.4 Å². The molecule has 23 heavy (non-hydrogen) atoms. The van der Waals surface area contributed by atoms with E-state index in [4.69, 9.17) is 11.6 Å². The van der Waals surface area contributed by atoms with E-state index in [0.29, 0.717) is 10.8 Å². The van der Waals surface area contributed by atoms with E-state index in [1.165, 1.54) is 11.8 Å². The highest BCUT2D eigenvalue weighted by molar-refractivity contribution is 7.99. The predicted octanol–water partition coefficient (Wildman–Crippen LogP) is 3.96. The molecule has 0 aliphatic carbocycles. The van der Waals surface area contributed by atoms with Crippen molar-refractivity contribution in [2.75, 3.05) is 5.75 Å². The zero-order chi connectivity index (χ0) is 16.2. The van der Waals surface area contributed by atoms with Crippen LogP contribution in [0.1, 0.15) is 18.5 Å². The summed E-state index contributed by atoms with van der Waals surface area (Å²) in [7, 11) is 0. The van der Waals surface area contributed by atoms with Crippen LogP contribution in [0.5, 0.6) is 0 Å². The Hall–Kier alpha value is -1.98. The molecule has 2 aromatic heterocycles. The third-order valence-electron chi connectivity index (χ3n) is 3.49. The molecule has 0 spiro atoms. The summed E-state index contributed by atoms with van der Waals surface area (Å²) in [5, 5.41) is 4.43. The molecule has 2 heterocycles. The summed E-state index contributed by atoms with van der Waals surface area (Å²) >= 11 is 7.57. The number of thioether (sulfide) groups is 1. The molecule has 1 aromatic carbocycles. The van der Waals surface area contributed by atoms with Gasteiger partial charge < -0.3 is 5.32 Å². The number of carbonyl (C=O) groups excluding carboxylic acids is 1. The minimum absolute atomic E-state index is 0.0462. The molecule has 1 amide bonds. The lowest BCUT2D eigenvalue weighted by Crippen LogP contribution is -2.28. The van der Waals surface area contributed by atoms with Gasteiger partial charge in [0.1, 0.15) is 0 Å². The minimum atomic E-state index is -0.131. The highest BCUT2D eigenvalue weighted by Gasteiger charge is 2.13. The number of carbonyl (C=O) groups is 1. The number of aromatic nitrogens is 2. The fourth-order valence-electron chi connectivity index (χ4n) is 2.34. The van der Waals surface area contributed by atoms with Crippen molar-refractivity contribution < 1.29 is 4.79 Å². The zero-order valence-corrected chi connectivity index (χ0v) is 14.1. The molecule has 1 atom stereocenters. The minimum Gasteiger partial charge on any atom is -0.349 e. The van der Waals surface area contributed by atoms with Crippen molar-refractivity contribution in [2.24, 2.45) is 0 Å². The highest BCUT2D eigenvalue weighted by atomic mass is 35.5. The topological polar surface area (TPSA) is 46.4 Å². The fraction of sp³-hybridized carbons (Fsp3) is 0.176. The first-order valence-electron chi connectivity index (χ1n) is 7.24. The lowest BCUT2D eigenvalue weighted by Gasteiger charge is -2.15. The second-order valence-corrected chi connectivity index (χ2v) is 6.49. The first kappa shape index (κ1) is 15.9. The SMILES string of the molecule is CC(NC(=O)CSc1ncc2ccccn12)c1ccccc1Cl. The molecule has 0 saturated carbocycles. The summed E-state index contributed by atoms with van der Waals surface area (Å²) in [6, 6.07) is 13.3. The van der Waals surface area contributed by atoms with Gasteiger partial charge in [-0.25, -0.2) is 4.98 Å². The Bertz CT molecular complexity index is 833. The van der Waals surface area contributed by atoms with Gasteiger partial charge in [0.15, 0.2) is 5.16 Å². The monoisotopic (exact) mass is 345 g/mol. The van der Waals surface area contributed by atoms with Crippen LogP contribution in [-0.2, 0) is 4.79 Å². The van der Waals surface area contributed by atoms with Crippen LogP contribution in [-0.4, -0.2) is 21.0 Å². The first-order chi connectivity index (χ1) is 11.1. The second kappa shape index (κ2) is 7.06. The number of nitrogens with one attached hydrogen (secondary N) is 1. The van der Waals surface area contributed by atoms with Crippen molar-refractivity contribution in [3.8, 4) is 0 Å². The number of benzene rings is 1. The molecule has 3 aromatic rings. The van der Waals surface area contributed by atoms with Gasteiger partial charge in [0, 0.05) is 11.2 Å². The van der Waals surface area contributed by atoms with Crippen molar-refractivity contribution in [3.05, 3.63) is 65.4 Å². The van der Waals surface area contributed by atoms with E-state index < -0.39 is 0 Å². The summed E-state index contributed by atoms with van der Waals surface area (Å²) in [6.45, 7) is 1.93. The van der Waals surface area contributed by atoms with E-state index in [9.17, 15) is 4.79 Å². The number of hydrogen-bond acceptors (Lipinski definition) is 3. The molecule has 3 rings (SSSR count). The molecule has 0 aliphatic rings. The van der Waals surface area contributed by atoms with Crippen LogP contribution in [0.15, 0.2) is 60.0 Å². The van der Waals surface area contributed by atoms with Crippen molar-refractivity contribution in [1.29, 1.82) is 0 Å². The predicted molar refractivity (Wildman–Crippen MR) is 93.9 cm³/mol. The molecular formula is C17H16ClN3OS. The quantitative estimate of drug-likeness (QED) is 0.712. The van der Waals surface area contributed by atoms with Crippen LogP contribution in [0, 0.1) is 0 Å². The van der Waals surface area contributed by atoms with Gasteiger partial charge in [-0.05, 0) is 30.7 Å². The van der Waals surface area contributed by atoms with Crippen molar-refractivity contribution in [2.45, 2.75) is 18.1 Å². The number of pyridine rings is 1. The van der Waals surface area contributed by atoms with E-state index in [-0.39, 0.29) is 11.9 Å². The maximum absolute atomic E-state index is 12.2. The maximum atomic E-state index is 12.2. The lowest BCUT2D eigenvalue weighted by molar-refractivity contribution is -0.119. The summed E-state index contributed by atoms with van der Waals surface area (Å²) in [5.74, 6) is 0.262. The van der Waals surface area contributed by atoms with E-state index in [1.807, 2.05) is 60.0 Å². The third-order valence-corrected chi connectivity index (χ3v) is 4.80. The number of amides is 1. The Morgan fingerprint density at radius 3 is 2.91 bits per heavy atom. The Kier molecular flexibility index (Phi) is 4.88. The second-order valence-electron chi connectivity index (χ2n) is 5.14. The molecular weight excluding hydrogens is 330 g/mol. The first-order valence-corrected chi connectivity index (χ1v) is 8.60. The molecule has 0 aliphatic heterocycles. The van der Waals surface area contributed by atoms with Gasteiger partial charge in [-0.3, -0.25) is 9.20 Å². The molecule has 1 unspecified atom stereocenters. The lowest BCUT2D eigenvalue weighted by atomic mass is 10.1. The van der Waals surface area contributed by atoms with Gasteiger partial charge in [0.25, 0.3) is 0 Å². The van der Waals surface area contributed by atoms with Gasteiger partial charge in [0.05, 0.1) is 23.5 Å². The van der Waals surface area contributed by atoms with Gasteiger partial charge >= 0.3 is 0 Å². The average Bonchev–Trinajstić information content (AvgIpc) is 2.96. The van der Waals surface area contributed by atoms with Gasteiger partial charge in [-0.15, -0.1) is 0 Å². The standard InChI is InChI=1S/C17H16ClN3OS/c1-12(14-7-2-3-8-15(14)18)20-16(22)11-23-17-19-10-13-6-4-5-9-21(13)17/h2-10,12H,11H2,1H3,(H,20,22). The largest absolute Gasteiger partial charge is 0.349 e. The molecule has 0 bridgehead atoms. The average molecular weight is 346 g/mol. The maximum Gasteiger partial charge on any atom is 0.230 e. The molecule has 1 N–H and O–H groups in total. The molecule has 118 valence electrons. The van der Waals surface area contributed by atoms with Crippen LogP contribution in [0.3, 0.4) is 0 Å². The molecule has 0 radical (unpaired) electrons. The molecule has 6 heteroatoms. The Labute approximate surface area is 143 Å². The smallest absolute Gasteiger partial charge is 0.230 e. The van der Waals surface area contributed by atoms with Gasteiger partial charge in [-0.2, -0.15) is 0 Å². The van der Waals surface area contributed by atoms with Crippen LogP contribution in [0.25, 0.3) is 5.52 Å². The van der Waals surface area contributed by atoms with E-state index >= 15 is 0 Å².